The molecule has 0 spiro atoms. The molecule has 3 unspecified atom stereocenters. The van der Waals surface area contributed by atoms with Crippen molar-refractivity contribution >= 4 is 7.60 Å². The molecule has 7 heteroatoms. The van der Waals surface area contributed by atoms with E-state index in [2.05, 4.69) is 6.92 Å². The zero-order valence-corrected chi connectivity index (χ0v) is 16.7. The van der Waals surface area contributed by atoms with E-state index in [1.165, 1.54) is 64.2 Å². The largest absolute Gasteiger partial charge is 0.391 e. The Kier molecular flexibility index (Phi) is 15.1. The van der Waals surface area contributed by atoms with Gasteiger partial charge in [-0.3, -0.25) is 4.57 Å². The number of unbranched alkanes of at least 4 members (excludes halogenated alkanes) is 12. The van der Waals surface area contributed by atoms with Gasteiger partial charge in [0.25, 0.3) is 0 Å². The summed E-state index contributed by atoms with van der Waals surface area (Å²) >= 11 is 0. The van der Waals surface area contributed by atoms with Crippen LogP contribution in [0.3, 0.4) is 0 Å². The second kappa shape index (κ2) is 15.1. The van der Waals surface area contributed by atoms with Crippen molar-refractivity contribution in [1.29, 1.82) is 0 Å². The normalized spacial score (nSPS) is 15.9. The van der Waals surface area contributed by atoms with E-state index >= 15 is 0 Å². The summed E-state index contributed by atoms with van der Waals surface area (Å²) in [5.74, 6) is -2.00. The van der Waals surface area contributed by atoms with Gasteiger partial charge in [-0.2, -0.15) is 0 Å². The predicted molar refractivity (Wildman–Crippen MR) is 102 cm³/mol. The van der Waals surface area contributed by atoms with Crippen LogP contribution in [0.25, 0.3) is 0 Å². The fourth-order valence-corrected chi connectivity index (χ4v) is 3.63. The molecule has 0 aromatic heterocycles. The van der Waals surface area contributed by atoms with Gasteiger partial charge < -0.3 is 25.7 Å². The lowest BCUT2D eigenvalue weighted by molar-refractivity contribution is 0.0717. The third-order valence-corrected chi connectivity index (χ3v) is 5.77. The Balaban J connectivity index is 3.45. The van der Waals surface area contributed by atoms with Gasteiger partial charge >= 0.3 is 7.60 Å². The second-order valence-corrected chi connectivity index (χ2v) is 8.89. The van der Waals surface area contributed by atoms with Crippen LogP contribution in [-0.4, -0.2) is 38.0 Å². The van der Waals surface area contributed by atoms with Crippen molar-refractivity contribution in [3.8, 4) is 0 Å². The molecule has 6 nitrogen and oxygen atoms in total. The number of hydrogen-bond donors (Lipinski definition) is 5. The van der Waals surface area contributed by atoms with E-state index in [4.69, 9.17) is 15.5 Å². The van der Waals surface area contributed by atoms with E-state index in [0.717, 1.165) is 19.3 Å². The van der Waals surface area contributed by atoms with E-state index in [1.54, 1.807) is 0 Å². The Morgan fingerprint density at radius 2 is 1.12 bits per heavy atom. The van der Waals surface area contributed by atoms with Crippen molar-refractivity contribution in [3.63, 3.8) is 0 Å². The lowest BCUT2D eigenvalue weighted by Gasteiger charge is -2.24. The zero-order chi connectivity index (χ0) is 19.1. The summed E-state index contributed by atoms with van der Waals surface area (Å²) in [6, 6.07) is -1.31. The first kappa shape index (κ1) is 25.0. The molecule has 3 atom stereocenters. The average molecular weight is 381 g/mol. The standard InChI is InChI=1S/C18H40NO5P/c1-2-3-4-5-6-7-8-9-10-11-12-13-14-15-16(20)17(19)18(21)25(22,23)24/h16-18,20-21H,2-15,19H2,1H3,(H2,22,23,24). The van der Waals surface area contributed by atoms with Gasteiger partial charge in [0.15, 0.2) is 5.85 Å². The lowest BCUT2D eigenvalue weighted by atomic mass is 10.0. The SMILES string of the molecule is CCCCCCCCCCCCCCCC(O)C(N)C(O)P(=O)(O)O. The highest BCUT2D eigenvalue weighted by atomic mass is 31.2. The first-order valence-corrected chi connectivity index (χ1v) is 11.7. The van der Waals surface area contributed by atoms with Crippen LogP contribution in [0.1, 0.15) is 96.8 Å². The topological polar surface area (TPSA) is 124 Å². The molecule has 6 N–H and O–H groups in total. The number of hydrogen-bond acceptors (Lipinski definition) is 4. The van der Waals surface area contributed by atoms with Gasteiger partial charge in [-0.15, -0.1) is 0 Å². The molecule has 0 aromatic carbocycles. The minimum Gasteiger partial charge on any atom is -0.391 e. The summed E-state index contributed by atoms with van der Waals surface area (Å²) in [5, 5.41) is 19.2. The minimum atomic E-state index is -4.67. The zero-order valence-electron chi connectivity index (χ0n) is 15.9. The molecule has 0 amide bonds. The highest BCUT2D eigenvalue weighted by molar-refractivity contribution is 7.52. The third-order valence-electron chi connectivity index (χ3n) is 4.74. The van der Waals surface area contributed by atoms with Crippen LogP contribution < -0.4 is 5.73 Å². The molecule has 0 aliphatic carbocycles. The van der Waals surface area contributed by atoms with Gasteiger partial charge in [0.05, 0.1) is 12.1 Å². The van der Waals surface area contributed by atoms with Crippen molar-refractivity contribution in [1.82, 2.24) is 0 Å². The molecular weight excluding hydrogens is 341 g/mol. The number of nitrogens with two attached hydrogens (primary N) is 1. The summed E-state index contributed by atoms with van der Waals surface area (Å²) < 4.78 is 10.9. The van der Waals surface area contributed by atoms with E-state index in [-0.39, 0.29) is 0 Å². The Bertz CT molecular complexity index is 350. The molecule has 0 fully saturated rings. The van der Waals surface area contributed by atoms with Gasteiger partial charge in [-0.05, 0) is 6.42 Å². The summed E-state index contributed by atoms with van der Waals surface area (Å²) in [4.78, 5) is 17.7. The van der Waals surface area contributed by atoms with Gasteiger partial charge in [0.2, 0.25) is 0 Å². The van der Waals surface area contributed by atoms with Crippen LogP contribution in [0.2, 0.25) is 0 Å². The molecule has 0 aliphatic rings. The molecule has 0 rings (SSSR count). The first-order valence-electron chi connectivity index (χ1n) is 9.97. The summed E-state index contributed by atoms with van der Waals surface area (Å²) in [6.45, 7) is 2.24. The molecule has 0 saturated heterocycles. The molecule has 0 bridgehead atoms. The fourth-order valence-electron chi connectivity index (χ4n) is 2.99. The van der Waals surface area contributed by atoms with Crippen molar-refractivity contribution in [2.75, 3.05) is 0 Å². The highest BCUT2D eigenvalue weighted by Gasteiger charge is 2.35. The summed E-state index contributed by atoms with van der Waals surface area (Å²) in [5.41, 5.74) is 5.50. The Hall–Kier alpha value is 0.0300. The van der Waals surface area contributed by atoms with Crippen LogP contribution in [0.5, 0.6) is 0 Å². The quantitative estimate of drug-likeness (QED) is 0.193. The minimum absolute atomic E-state index is 0.357. The lowest BCUT2D eigenvalue weighted by Crippen LogP contribution is -2.44. The van der Waals surface area contributed by atoms with Gasteiger partial charge in [-0.1, -0.05) is 90.4 Å². The van der Waals surface area contributed by atoms with Crippen molar-refractivity contribution in [3.05, 3.63) is 0 Å². The molecule has 0 aromatic rings. The first-order chi connectivity index (χ1) is 11.8. The van der Waals surface area contributed by atoms with Gasteiger partial charge in [0, 0.05) is 0 Å². The third kappa shape index (κ3) is 13.8. The van der Waals surface area contributed by atoms with Crippen LogP contribution in [0.15, 0.2) is 0 Å². The number of aliphatic hydroxyl groups is 2. The van der Waals surface area contributed by atoms with E-state index in [1.807, 2.05) is 0 Å². The van der Waals surface area contributed by atoms with E-state index in [0.29, 0.717) is 6.42 Å². The molecule has 152 valence electrons. The molecule has 0 heterocycles. The molecule has 25 heavy (non-hydrogen) atoms. The second-order valence-electron chi connectivity index (χ2n) is 7.18. The maximum absolute atomic E-state index is 10.9. The smallest absolute Gasteiger partial charge is 0.355 e. The average Bonchev–Trinajstić information content (AvgIpc) is 2.56. The van der Waals surface area contributed by atoms with Crippen LogP contribution in [0.4, 0.5) is 0 Å². The summed E-state index contributed by atoms with van der Waals surface area (Å²) in [6.07, 6.45) is 15.2. The maximum atomic E-state index is 10.9. The van der Waals surface area contributed by atoms with Gasteiger partial charge in [-0.25, -0.2) is 0 Å². The van der Waals surface area contributed by atoms with E-state index < -0.39 is 25.6 Å². The Morgan fingerprint density at radius 3 is 1.48 bits per heavy atom. The van der Waals surface area contributed by atoms with Crippen molar-refractivity contribution in [2.24, 2.45) is 5.73 Å². The predicted octanol–water partition coefficient (Wildman–Crippen LogP) is 3.65. The van der Waals surface area contributed by atoms with Gasteiger partial charge in [0.1, 0.15) is 0 Å². The van der Waals surface area contributed by atoms with Crippen LogP contribution in [0, 0.1) is 0 Å². The maximum Gasteiger partial charge on any atom is 0.355 e. The number of rotatable bonds is 17. The molecule has 0 radical (unpaired) electrons. The Labute approximate surface area is 153 Å². The Morgan fingerprint density at radius 1 is 0.760 bits per heavy atom. The van der Waals surface area contributed by atoms with Crippen molar-refractivity contribution < 1.29 is 24.6 Å². The van der Waals surface area contributed by atoms with E-state index in [9.17, 15) is 14.8 Å². The van der Waals surface area contributed by atoms with Crippen molar-refractivity contribution in [2.45, 2.75) is 115 Å². The van der Waals surface area contributed by atoms with Crippen LogP contribution in [-0.2, 0) is 4.57 Å². The molecule has 0 saturated carbocycles. The molecule has 0 aliphatic heterocycles. The highest BCUT2D eigenvalue weighted by Crippen LogP contribution is 2.41. The van der Waals surface area contributed by atoms with Crippen LogP contribution >= 0.6 is 7.60 Å². The molecular formula is C18H40NO5P. The fraction of sp³-hybridized carbons (Fsp3) is 1.00. The monoisotopic (exact) mass is 381 g/mol. The summed E-state index contributed by atoms with van der Waals surface area (Å²) in [7, 11) is -4.67. The number of aliphatic hydroxyl groups excluding tert-OH is 2.